The molecule has 0 aliphatic rings. The van der Waals surface area contributed by atoms with E-state index in [2.05, 4.69) is 6.92 Å². The Bertz CT molecular complexity index is 294. The van der Waals surface area contributed by atoms with E-state index >= 15 is 0 Å². The van der Waals surface area contributed by atoms with Crippen LogP contribution in [0.4, 0.5) is 0 Å². The number of unbranched alkanes of at least 4 members (excludes halogenated alkanes) is 4. The maximum Gasteiger partial charge on any atom is 0.0773 e. The zero-order valence-corrected chi connectivity index (χ0v) is 18.4. The van der Waals surface area contributed by atoms with Gasteiger partial charge < -0.3 is 38.6 Å². The summed E-state index contributed by atoms with van der Waals surface area (Å²) in [7, 11) is 0. The van der Waals surface area contributed by atoms with Gasteiger partial charge in [-0.3, -0.25) is 0 Å². The molecule has 0 heterocycles. The molecule has 1 atom stereocenters. The summed E-state index contributed by atoms with van der Waals surface area (Å²) in [5, 5.41) is 18.4. The van der Waals surface area contributed by atoms with E-state index in [9.17, 15) is 5.11 Å². The van der Waals surface area contributed by atoms with Gasteiger partial charge in [0.15, 0.2) is 0 Å². The Hall–Kier alpha value is -0.320. The lowest BCUT2D eigenvalue weighted by Gasteiger charge is -2.11. The van der Waals surface area contributed by atoms with Gasteiger partial charge in [-0.15, -0.1) is 0 Å². The lowest BCUT2D eigenvalue weighted by molar-refractivity contribution is -0.0251. The molecule has 0 aliphatic heterocycles. The topological polar surface area (TPSA) is 95.8 Å². The first-order valence-electron chi connectivity index (χ1n) is 11.1. The van der Waals surface area contributed by atoms with Gasteiger partial charge >= 0.3 is 0 Å². The molecule has 1 unspecified atom stereocenters. The smallest absolute Gasteiger partial charge is 0.0773 e. The van der Waals surface area contributed by atoms with Crippen molar-refractivity contribution in [2.75, 3.05) is 85.9 Å². The molecular formula is C21H44O8. The highest BCUT2D eigenvalue weighted by molar-refractivity contribution is 4.54. The fraction of sp³-hybridized carbons (Fsp3) is 1.00. The Kier molecular flexibility index (Phi) is 25.4. The second-order valence-corrected chi connectivity index (χ2v) is 6.72. The minimum absolute atomic E-state index is 0.0331. The van der Waals surface area contributed by atoms with Crippen molar-refractivity contribution >= 4 is 0 Å². The Labute approximate surface area is 176 Å². The molecule has 0 aliphatic carbocycles. The monoisotopic (exact) mass is 424 g/mol. The molecule has 0 amide bonds. The maximum atomic E-state index is 9.82. The molecule has 0 saturated heterocycles. The number of hydrogen-bond acceptors (Lipinski definition) is 8. The highest BCUT2D eigenvalue weighted by Crippen LogP contribution is 2.07. The molecule has 0 saturated carbocycles. The molecule has 0 rings (SSSR count). The van der Waals surface area contributed by atoms with E-state index in [1.165, 1.54) is 25.7 Å². The molecule has 8 nitrogen and oxygen atoms in total. The Morgan fingerprint density at radius 1 is 0.552 bits per heavy atom. The fourth-order valence-corrected chi connectivity index (χ4v) is 2.45. The number of rotatable bonds is 25. The van der Waals surface area contributed by atoms with Gasteiger partial charge in [-0.1, -0.05) is 39.0 Å². The van der Waals surface area contributed by atoms with Gasteiger partial charge in [-0.25, -0.2) is 0 Å². The molecule has 8 heteroatoms. The molecule has 0 fully saturated rings. The van der Waals surface area contributed by atoms with Crippen molar-refractivity contribution in [3.63, 3.8) is 0 Å². The van der Waals surface area contributed by atoms with E-state index in [0.29, 0.717) is 79.3 Å². The molecule has 0 bridgehead atoms. The third kappa shape index (κ3) is 25.6. The predicted octanol–water partition coefficient (Wildman–Crippen LogP) is 1.80. The van der Waals surface area contributed by atoms with Crippen molar-refractivity contribution in [1.29, 1.82) is 0 Å². The lowest BCUT2D eigenvalue weighted by Crippen LogP contribution is -2.18. The number of aliphatic hydroxyl groups is 2. The van der Waals surface area contributed by atoms with Crippen LogP contribution in [0.3, 0.4) is 0 Å². The third-order valence-electron chi connectivity index (χ3n) is 4.05. The van der Waals surface area contributed by atoms with Crippen molar-refractivity contribution in [2.45, 2.75) is 51.6 Å². The SMILES string of the molecule is CCCCCCCC(O)COCCOCCOCCOCCOCCOCCO. The molecule has 0 aromatic heterocycles. The van der Waals surface area contributed by atoms with Crippen LogP contribution in [0.2, 0.25) is 0 Å². The van der Waals surface area contributed by atoms with Crippen LogP contribution in [-0.2, 0) is 28.4 Å². The van der Waals surface area contributed by atoms with Gasteiger partial charge in [-0.05, 0) is 6.42 Å². The second-order valence-electron chi connectivity index (χ2n) is 6.72. The number of hydrogen-bond donors (Lipinski definition) is 2. The van der Waals surface area contributed by atoms with Crippen LogP contribution < -0.4 is 0 Å². The van der Waals surface area contributed by atoms with E-state index in [4.69, 9.17) is 33.5 Å². The fourth-order valence-electron chi connectivity index (χ4n) is 2.45. The summed E-state index contributed by atoms with van der Waals surface area (Å²) in [5.41, 5.74) is 0. The van der Waals surface area contributed by atoms with E-state index < -0.39 is 0 Å². The van der Waals surface area contributed by atoms with Gasteiger partial charge in [0, 0.05) is 0 Å². The molecule has 0 aromatic rings. The molecule has 0 radical (unpaired) electrons. The Morgan fingerprint density at radius 3 is 1.41 bits per heavy atom. The van der Waals surface area contributed by atoms with Crippen LogP contribution in [-0.4, -0.2) is 102 Å². The van der Waals surface area contributed by atoms with Gasteiger partial charge in [0.2, 0.25) is 0 Å². The minimum Gasteiger partial charge on any atom is -0.394 e. The highest BCUT2D eigenvalue weighted by atomic mass is 16.6. The quantitative estimate of drug-likeness (QED) is 0.214. The zero-order chi connectivity index (χ0) is 21.3. The van der Waals surface area contributed by atoms with Crippen LogP contribution in [0.15, 0.2) is 0 Å². The molecule has 2 N–H and O–H groups in total. The van der Waals surface area contributed by atoms with Crippen molar-refractivity contribution in [3.8, 4) is 0 Å². The molecule has 0 aromatic carbocycles. The van der Waals surface area contributed by atoms with Gasteiger partial charge in [0.1, 0.15) is 0 Å². The summed E-state index contributed by atoms with van der Waals surface area (Å²) in [5.74, 6) is 0. The van der Waals surface area contributed by atoms with Gasteiger partial charge in [0.05, 0.1) is 92.0 Å². The number of ether oxygens (including phenoxy) is 6. The summed E-state index contributed by atoms with van der Waals surface area (Å²) >= 11 is 0. The van der Waals surface area contributed by atoms with Crippen molar-refractivity contribution < 1.29 is 38.6 Å². The average Bonchev–Trinajstić information content (AvgIpc) is 2.72. The zero-order valence-electron chi connectivity index (χ0n) is 18.4. The third-order valence-corrected chi connectivity index (χ3v) is 4.05. The minimum atomic E-state index is -0.370. The lowest BCUT2D eigenvalue weighted by atomic mass is 10.1. The van der Waals surface area contributed by atoms with Crippen LogP contribution >= 0.6 is 0 Å². The second kappa shape index (κ2) is 25.7. The maximum absolute atomic E-state index is 9.82. The van der Waals surface area contributed by atoms with Crippen molar-refractivity contribution in [3.05, 3.63) is 0 Å². The van der Waals surface area contributed by atoms with Crippen LogP contribution in [0, 0.1) is 0 Å². The van der Waals surface area contributed by atoms with Crippen molar-refractivity contribution in [2.24, 2.45) is 0 Å². The predicted molar refractivity (Wildman–Crippen MR) is 111 cm³/mol. The highest BCUT2D eigenvalue weighted by Gasteiger charge is 2.03. The molecule has 176 valence electrons. The van der Waals surface area contributed by atoms with E-state index in [-0.39, 0.29) is 12.7 Å². The van der Waals surface area contributed by atoms with E-state index in [1.54, 1.807) is 0 Å². The summed E-state index contributed by atoms with van der Waals surface area (Å²) in [6, 6.07) is 0. The summed E-state index contributed by atoms with van der Waals surface area (Å²) < 4.78 is 32.0. The summed E-state index contributed by atoms with van der Waals surface area (Å²) in [4.78, 5) is 0. The van der Waals surface area contributed by atoms with E-state index in [1.807, 2.05) is 0 Å². The molecule has 0 spiro atoms. The summed E-state index contributed by atoms with van der Waals surface area (Å²) in [6.07, 6.45) is 6.46. The van der Waals surface area contributed by atoms with E-state index in [0.717, 1.165) is 12.8 Å². The molecule has 29 heavy (non-hydrogen) atoms. The molecular weight excluding hydrogens is 380 g/mol. The van der Waals surface area contributed by atoms with Crippen LogP contribution in [0.1, 0.15) is 45.4 Å². The van der Waals surface area contributed by atoms with Crippen molar-refractivity contribution in [1.82, 2.24) is 0 Å². The standard InChI is InChI=1S/C21H44O8/c1-2-3-4-5-6-7-21(23)20-29-19-18-28-17-16-27-15-14-26-13-12-25-11-10-24-9-8-22/h21-23H,2-20H2,1H3. The van der Waals surface area contributed by atoms with Gasteiger partial charge in [0.25, 0.3) is 0 Å². The first-order valence-corrected chi connectivity index (χ1v) is 11.1. The average molecular weight is 425 g/mol. The Balaban J connectivity index is 3.08. The Morgan fingerprint density at radius 2 is 0.966 bits per heavy atom. The van der Waals surface area contributed by atoms with Crippen LogP contribution in [0.5, 0.6) is 0 Å². The largest absolute Gasteiger partial charge is 0.394 e. The van der Waals surface area contributed by atoms with Crippen LogP contribution in [0.25, 0.3) is 0 Å². The first kappa shape index (κ1) is 28.7. The number of aliphatic hydroxyl groups excluding tert-OH is 2. The van der Waals surface area contributed by atoms with Gasteiger partial charge in [-0.2, -0.15) is 0 Å². The first-order chi connectivity index (χ1) is 14.3. The normalized spacial score (nSPS) is 12.5. The summed E-state index contributed by atoms with van der Waals surface area (Å²) in [6.45, 7) is 8.02.